The first kappa shape index (κ1) is 28.2. The highest BCUT2D eigenvalue weighted by atomic mass is 32.2. The van der Waals surface area contributed by atoms with Crippen molar-refractivity contribution in [3.05, 3.63) is 96.5 Å². The molecule has 1 amide bonds. The average molecular weight is 554 g/mol. The molecule has 11 heteroatoms. The van der Waals surface area contributed by atoms with Crippen LogP contribution in [0.2, 0.25) is 0 Å². The molecule has 2 N–H and O–H groups in total. The van der Waals surface area contributed by atoms with Gasteiger partial charge in [-0.05, 0) is 48.0 Å². The standard InChI is InChI=1S/C28H31N3O7S/c1-36-24-9-11-25(12-10-24)39(34,35)31(14-16-32)15-17-37-27-19-22(21-6-3-2-4-7-21)18-26(38-27)28(33)30-23-8-5-13-29-20-23/h2-13,18,20,22,27,32H,14-17,19H2,1H3,(H,30,33)/t22-,27+/m0/s1. The fourth-order valence-electron chi connectivity index (χ4n) is 4.13. The molecule has 1 aliphatic heterocycles. The zero-order valence-electron chi connectivity index (χ0n) is 21.5. The highest BCUT2D eigenvalue weighted by Crippen LogP contribution is 2.32. The Morgan fingerprint density at radius 2 is 1.87 bits per heavy atom. The van der Waals surface area contributed by atoms with E-state index in [1.165, 1.54) is 25.4 Å². The summed E-state index contributed by atoms with van der Waals surface area (Å²) in [7, 11) is -2.39. The molecule has 206 valence electrons. The molecule has 2 atom stereocenters. The number of sulfonamides is 1. The molecule has 0 saturated heterocycles. The summed E-state index contributed by atoms with van der Waals surface area (Å²) < 4.78 is 44.4. The first-order valence-electron chi connectivity index (χ1n) is 12.4. The predicted octanol–water partition coefficient (Wildman–Crippen LogP) is 3.14. The first-order valence-corrected chi connectivity index (χ1v) is 13.9. The van der Waals surface area contributed by atoms with Crippen molar-refractivity contribution in [2.75, 3.05) is 38.7 Å². The van der Waals surface area contributed by atoms with Crippen LogP contribution in [0.25, 0.3) is 0 Å². The minimum absolute atomic E-state index is 0.0148. The SMILES string of the molecule is COc1ccc(S(=O)(=O)N(CCO)CCO[C@H]2C[C@@H](c3ccccc3)C=C(C(=O)Nc3cccnc3)O2)cc1. The Bertz CT molecular complexity index is 1350. The lowest BCUT2D eigenvalue weighted by Crippen LogP contribution is -2.37. The zero-order valence-corrected chi connectivity index (χ0v) is 22.3. The number of nitrogens with one attached hydrogen (secondary N) is 1. The summed E-state index contributed by atoms with van der Waals surface area (Å²) in [6.07, 6.45) is 4.53. The summed E-state index contributed by atoms with van der Waals surface area (Å²) >= 11 is 0. The Hall–Kier alpha value is -3.77. The molecule has 1 aromatic heterocycles. The van der Waals surface area contributed by atoms with Gasteiger partial charge in [-0.25, -0.2) is 8.42 Å². The number of hydrogen-bond acceptors (Lipinski definition) is 8. The third-order valence-electron chi connectivity index (χ3n) is 6.12. The van der Waals surface area contributed by atoms with Gasteiger partial charge >= 0.3 is 0 Å². The summed E-state index contributed by atoms with van der Waals surface area (Å²) in [5.74, 6) is 0.0317. The number of aliphatic hydroxyl groups excluding tert-OH is 1. The van der Waals surface area contributed by atoms with Gasteiger partial charge in [0.15, 0.2) is 5.76 Å². The van der Waals surface area contributed by atoms with Crippen LogP contribution in [0.15, 0.2) is 95.9 Å². The second-order valence-corrected chi connectivity index (χ2v) is 10.6. The molecule has 0 fully saturated rings. The minimum atomic E-state index is -3.89. The number of aromatic nitrogens is 1. The Morgan fingerprint density at radius 1 is 1.10 bits per heavy atom. The number of pyridine rings is 1. The predicted molar refractivity (Wildman–Crippen MR) is 144 cm³/mol. The second kappa shape index (κ2) is 13.3. The number of anilines is 1. The number of allylic oxidation sites excluding steroid dienone is 1. The number of nitrogens with zero attached hydrogens (tertiary/aromatic N) is 2. The van der Waals surface area contributed by atoms with Gasteiger partial charge in [-0.3, -0.25) is 9.78 Å². The molecule has 3 aromatic rings. The molecule has 0 radical (unpaired) electrons. The maximum atomic E-state index is 13.2. The van der Waals surface area contributed by atoms with E-state index in [9.17, 15) is 18.3 Å². The number of rotatable bonds is 12. The van der Waals surface area contributed by atoms with Gasteiger partial charge in [-0.15, -0.1) is 0 Å². The Balaban J connectivity index is 1.45. The van der Waals surface area contributed by atoms with Crippen molar-refractivity contribution < 1.29 is 32.5 Å². The molecule has 4 rings (SSSR count). The Kier molecular flexibility index (Phi) is 9.66. The normalized spacial score (nSPS) is 17.3. The summed E-state index contributed by atoms with van der Waals surface area (Å²) in [5.41, 5.74) is 1.51. The van der Waals surface area contributed by atoms with Crippen molar-refractivity contribution in [2.45, 2.75) is 23.5 Å². The van der Waals surface area contributed by atoms with E-state index in [4.69, 9.17) is 14.2 Å². The van der Waals surface area contributed by atoms with E-state index >= 15 is 0 Å². The second-order valence-electron chi connectivity index (χ2n) is 8.70. The van der Waals surface area contributed by atoms with E-state index in [-0.39, 0.29) is 42.9 Å². The summed E-state index contributed by atoms with van der Waals surface area (Å²) in [6.45, 7) is -0.494. The molecule has 0 bridgehead atoms. The van der Waals surface area contributed by atoms with Crippen molar-refractivity contribution in [2.24, 2.45) is 0 Å². The van der Waals surface area contributed by atoms with Crippen LogP contribution in [0.1, 0.15) is 17.9 Å². The van der Waals surface area contributed by atoms with Crippen molar-refractivity contribution >= 4 is 21.6 Å². The van der Waals surface area contributed by atoms with Gasteiger partial charge in [0.1, 0.15) is 5.75 Å². The lowest BCUT2D eigenvalue weighted by Gasteiger charge is -2.30. The van der Waals surface area contributed by atoms with Gasteiger partial charge in [-0.2, -0.15) is 4.31 Å². The van der Waals surface area contributed by atoms with Crippen LogP contribution in [-0.4, -0.2) is 68.4 Å². The number of ether oxygens (including phenoxy) is 3. The molecule has 0 unspecified atom stereocenters. The van der Waals surface area contributed by atoms with E-state index in [1.54, 1.807) is 36.5 Å². The van der Waals surface area contributed by atoms with Gasteiger partial charge in [0.2, 0.25) is 16.3 Å². The monoisotopic (exact) mass is 553 g/mol. The third kappa shape index (κ3) is 7.42. The summed E-state index contributed by atoms with van der Waals surface area (Å²) in [6, 6.07) is 19.1. The van der Waals surface area contributed by atoms with Crippen LogP contribution in [0, 0.1) is 0 Å². The van der Waals surface area contributed by atoms with Crippen LogP contribution in [0.3, 0.4) is 0 Å². The molecular weight excluding hydrogens is 522 g/mol. The van der Waals surface area contributed by atoms with Crippen molar-refractivity contribution in [3.8, 4) is 5.75 Å². The molecular formula is C28H31N3O7S. The quantitative estimate of drug-likeness (QED) is 0.350. The number of carbonyl (C=O) groups excluding carboxylic acids is 1. The molecule has 39 heavy (non-hydrogen) atoms. The fourth-order valence-corrected chi connectivity index (χ4v) is 5.54. The van der Waals surface area contributed by atoms with E-state index in [0.717, 1.165) is 9.87 Å². The van der Waals surface area contributed by atoms with E-state index in [2.05, 4.69) is 10.3 Å². The first-order chi connectivity index (χ1) is 18.9. The Labute approximate surface area is 227 Å². The number of hydrogen-bond donors (Lipinski definition) is 2. The van der Waals surface area contributed by atoms with E-state index < -0.39 is 22.2 Å². The molecule has 2 heterocycles. The van der Waals surface area contributed by atoms with E-state index in [1.807, 2.05) is 30.3 Å². The smallest absolute Gasteiger partial charge is 0.290 e. The van der Waals surface area contributed by atoms with Gasteiger partial charge in [0.25, 0.3) is 5.91 Å². The van der Waals surface area contributed by atoms with Crippen molar-refractivity contribution in [3.63, 3.8) is 0 Å². The fraction of sp³-hybridized carbons (Fsp3) is 0.286. The van der Waals surface area contributed by atoms with Crippen LogP contribution in [0.4, 0.5) is 5.69 Å². The van der Waals surface area contributed by atoms with Gasteiger partial charge in [0.05, 0.1) is 37.1 Å². The lowest BCUT2D eigenvalue weighted by atomic mass is 9.93. The van der Waals surface area contributed by atoms with Crippen LogP contribution in [-0.2, 0) is 24.3 Å². The minimum Gasteiger partial charge on any atom is -0.497 e. The molecule has 0 aliphatic carbocycles. The molecule has 10 nitrogen and oxygen atoms in total. The number of amides is 1. The van der Waals surface area contributed by atoms with Crippen LogP contribution < -0.4 is 10.1 Å². The highest BCUT2D eigenvalue weighted by Gasteiger charge is 2.30. The van der Waals surface area contributed by atoms with Gasteiger partial charge in [0, 0.05) is 31.6 Å². The van der Waals surface area contributed by atoms with Crippen LogP contribution in [0.5, 0.6) is 5.75 Å². The number of carbonyl (C=O) groups is 1. The zero-order chi connectivity index (χ0) is 27.7. The Morgan fingerprint density at radius 3 is 2.54 bits per heavy atom. The maximum Gasteiger partial charge on any atom is 0.290 e. The molecule has 0 saturated carbocycles. The third-order valence-corrected chi connectivity index (χ3v) is 8.03. The number of benzene rings is 2. The summed E-state index contributed by atoms with van der Waals surface area (Å²) in [4.78, 5) is 17.1. The molecule has 2 aromatic carbocycles. The largest absolute Gasteiger partial charge is 0.497 e. The van der Waals surface area contributed by atoms with Crippen molar-refractivity contribution in [1.82, 2.24) is 9.29 Å². The molecule has 0 spiro atoms. The molecule has 1 aliphatic rings. The van der Waals surface area contributed by atoms with Crippen molar-refractivity contribution in [1.29, 1.82) is 0 Å². The van der Waals surface area contributed by atoms with Crippen LogP contribution >= 0.6 is 0 Å². The highest BCUT2D eigenvalue weighted by molar-refractivity contribution is 7.89. The summed E-state index contributed by atoms with van der Waals surface area (Å²) in [5, 5.41) is 12.3. The van der Waals surface area contributed by atoms with Gasteiger partial charge < -0.3 is 24.6 Å². The van der Waals surface area contributed by atoms with E-state index in [0.29, 0.717) is 17.9 Å². The topological polar surface area (TPSA) is 127 Å². The maximum absolute atomic E-state index is 13.2. The number of aliphatic hydroxyl groups is 1. The van der Waals surface area contributed by atoms with Gasteiger partial charge in [-0.1, -0.05) is 30.3 Å². The average Bonchev–Trinajstić information content (AvgIpc) is 2.97. The number of methoxy groups -OCH3 is 1. The lowest BCUT2D eigenvalue weighted by molar-refractivity contribution is -0.143.